The van der Waals surface area contributed by atoms with E-state index >= 15 is 0 Å². The fraction of sp³-hybridized carbons (Fsp3) is 0.231. The van der Waals surface area contributed by atoms with Crippen LogP contribution in [0.3, 0.4) is 0 Å². The van der Waals surface area contributed by atoms with E-state index in [2.05, 4.69) is 20.8 Å². The number of amides is 1. The van der Waals surface area contributed by atoms with Gasteiger partial charge in [-0.1, -0.05) is 23.7 Å². The number of halogens is 1. The van der Waals surface area contributed by atoms with E-state index in [0.29, 0.717) is 22.9 Å². The Morgan fingerprint density at radius 1 is 1.37 bits per heavy atom. The van der Waals surface area contributed by atoms with Crippen molar-refractivity contribution in [1.82, 2.24) is 15.5 Å². The Balaban J connectivity index is 1.85. The van der Waals surface area contributed by atoms with Gasteiger partial charge in [0, 0.05) is 30.8 Å². The first kappa shape index (κ1) is 12.2. The van der Waals surface area contributed by atoms with Crippen LogP contribution in [0.25, 0.3) is 0 Å². The number of hydrogen-bond acceptors (Lipinski definition) is 3. The predicted molar refractivity (Wildman–Crippen MR) is 73.4 cm³/mol. The average molecular weight is 277 g/mol. The van der Waals surface area contributed by atoms with Crippen LogP contribution in [0.4, 0.5) is 5.69 Å². The van der Waals surface area contributed by atoms with Gasteiger partial charge in [0.05, 0.1) is 10.7 Å². The number of carbonyl (C=O) groups excluding carboxylic acids is 1. The molecule has 6 heteroatoms. The third kappa shape index (κ3) is 2.34. The first-order valence-corrected chi connectivity index (χ1v) is 6.46. The van der Waals surface area contributed by atoms with Gasteiger partial charge in [-0.2, -0.15) is 5.10 Å². The van der Waals surface area contributed by atoms with Crippen LogP contribution >= 0.6 is 11.6 Å². The smallest absolute Gasteiger partial charge is 0.276 e. The molecule has 5 nitrogen and oxygen atoms in total. The highest BCUT2D eigenvalue weighted by Gasteiger charge is 2.21. The van der Waals surface area contributed by atoms with Crippen molar-refractivity contribution in [2.45, 2.75) is 13.0 Å². The van der Waals surface area contributed by atoms with Crippen molar-refractivity contribution in [3.63, 3.8) is 0 Å². The highest BCUT2D eigenvalue weighted by molar-refractivity contribution is 6.33. The second-order valence-electron chi connectivity index (χ2n) is 4.39. The van der Waals surface area contributed by atoms with Crippen LogP contribution in [-0.2, 0) is 13.0 Å². The summed E-state index contributed by atoms with van der Waals surface area (Å²) in [5, 5.41) is 13.6. The summed E-state index contributed by atoms with van der Waals surface area (Å²) < 4.78 is 0. The molecule has 0 atom stereocenters. The Morgan fingerprint density at radius 2 is 2.21 bits per heavy atom. The molecule has 19 heavy (non-hydrogen) atoms. The highest BCUT2D eigenvalue weighted by atomic mass is 35.5. The Morgan fingerprint density at radius 3 is 3.05 bits per heavy atom. The van der Waals surface area contributed by atoms with Crippen LogP contribution in [0.1, 0.15) is 21.7 Å². The van der Waals surface area contributed by atoms with Gasteiger partial charge in [-0.25, -0.2) is 0 Å². The number of aromatic nitrogens is 2. The second-order valence-corrected chi connectivity index (χ2v) is 4.80. The molecule has 0 spiro atoms. The Labute approximate surface area is 115 Å². The van der Waals surface area contributed by atoms with Gasteiger partial charge in [0.15, 0.2) is 5.69 Å². The van der Waals surface area contributed by atoms with Gasteiger partial charge in [-0.15, -0.1) is 0 Å². The number of carbonyl (C=O) groups is 1. The van der Waals surface area contributed by atoms with Crippen molar-refractivity contribution >= 4 is 23.2 Å². The molecule has 2 heterocycles. The van der Waals surface area contributed by atoms with Crippen LogP contribution in [0.5, 0.6) is 0 Å². The Bertz CT molecular complexity index is 623. The van der Waals surface area contributed by atoms with Gasteiger partial charge in [0.25, 0.3) is 5.91 Å². The molecule has 0 saturated heterocycles. The third-order valence-corrected chi connectivity index (χ3v) is 3.47. The van der Waals surface area contributed by atoms with E-state index in [9.17, 15) is 4.79 Å². The van der Waals surface area contributed by atoms with Crippen molar-refractivity contribution in [2.24, 2.45) is 0 Å². The lowest BCUT2D eigenvalue weighted by Crippen LogP contribution is -2.25. The van der Waals surface area contributed by atoms with E-state index in [0.717, 1.165) is 24.2 Å². The number of rotatable bonds is 2. The maximum absolute atomic E-state index is 12.2. The zero-order valence-corrected chi connectivity index (χ0v) is 10.9. The van der Waals surface area contributed by atoms with Crippen molar-refractivity contribution < 1.29 is 4.79 Å². The van der Waals surface area contributed by atoms with Crippen LogP contribution in [0.2, 0.25) is 5.02 Å². The summed E-state index contributed by atoms with van der Waals surface area (Å²) in [6, 6.07) is 7.14. The van der Waals surface area contributed by atoms with Crippen LogP contribution < -0.4 is 10.6 Å². The molecule has 3 rings (SSSR count). The number of nitrogens with one attached hydrogen (secondary N) is 3. The summed E-state index contributed by atoms with van der Waals surface area (Å²) in [6.45, 7) is 1.57. The van der Waals surface area contributed by atoms with Gasteiger partial charge in [-0.05, 0) is 12.1 Å². The largest absolute Gasteiger partial charge is 0.319 e. The third-order valence-electron chi connectivity index (χ3n) is 3.14. The maximum Gasteiger partial charge on any atom is 0.276 e. The number of aromatic amines is 1. The van der Waals surface area contributed by atoms with Crippen LogP contribution in [0.15, 0.2) is 24.3 Å². The molecule has 0 aliphatic carbocycles. The molecule has 0 unspecified atom stereocenters. The number of anilines is 1. The lowest BCUT2D eigenvalue weighted by Gasteiger charge is -2.13. The van der Waals surface area contributed by atoms with Gasteiger partial charge >= 0.3 is 0 Å². The molecule has 3 N–H and O–H groups in total. The summed E-state index contributed by atoms with van der Waals surface area (Å²) >= 11 is 6.02. The number of fused-ring (bicyclic) bond motifs is 1. The molecule has 1 aliphatic rings. The quantitative estimate of drug-likeness (QED) is 0.785. The lowest BCUT2D eigenvalue weighted by molar-refractivity contribution is 0.102. The van der Waals surface area contributed by atoms with Crippen molar-refractivity contribution in [3.05, 3.63) is 46.2 Å². The fourth-order valence-corrected chi connectivity index (χ4v) is 2.34. The number of benzene rings is 1. The number of nitrogens with zero attached hydrogens (tertiary/aromatic N) is 1. The number of hydrogen-bond donors (Lipinski definition) is 3. The molecule has 2 aromatic rings. The molecular formula is C13H13ClN4O. The highest BCUT2D eigenvalue weighted by Crippen LogP contribution is 2.22. The van der Waals surface area contributed by atoms with Gasteiger partial charge < -0.3 is 10.6 Å². The number of para-hydroxylation sites is 1. The van der Waals surface area contributed by atoms with Crippen molar-refractivity contribution in [1.29, 1.82) is 0 Å². The van der Waals surface area contributed by atoms with Crippen molar-refractivity contribution in [3.8, 4) is 0 Å². The molecule has 0 saturated carbocycles. The minimum atomic E-state index is -0.241. The molecule has 0 bridgehead atoms. The second kappa shape index (κ2) is 5.03. The van der Waals surface area contributed by atoms with Gasteiger partial charge in [0.1, 0.15) is 0 Å². The monoisotopic (exact) mass is 276 g/mol. The van der Waals surface area contributed by atoms with E-state index in [1.807, 2.05) is 12.1 Å². The van der Waals surface area contributed by atoms with Gasteiger partial charge in [-0.3, -0.25) is 9.89 Å². The molecule has 1 aromatic carbocycles. The van der Waals surface area contributed by atoms with E-state index < -0.39 is 0 Å². The fourth-order valence-electron chi connectivity index (χ4n) is 2.16. The average Bonchev–Trinajstić information content (AvgIpc) is 2.85. The van der Waals surface area contributed by atoms with Gasteiger partial charge in [0.2, 0.25) is 0 Å². The molecule has 1 aromatic heterocycles. The lowest BCUT2D eigenvalue weighted by atomic mass is 10.1. The summed E-state index contributed by atoms with van der Waals surface area (Å²) in [7, 11) is 0. The summed E-state index contributed by atoms with van der Waals surface area (Å²) in [5.41, 5.74) is 3.00. The zero-order valence-electron chi connectivity index (χ0n) is 10.2. The SMILES string of the molecule is O=C(Nc1ccccc1Cl)c1n[nH]c2c1CNCC2. The maximum atomic E-state index is 12.2. The minimum Gasteiger partial charge on any atom is -0.319 e. The molecule has 98 valence electrons. The molecule has 0 radical (unpaired) electrons. The molecule has 1 aliphatic heterocycles. The molecule has 0 fully saturated rings. The minimum absolute atomic E-state index is 0.241. The predicted octanol–water partition coefficient (Wildman–Crippen LogP) is 1.96. The Kier molecular flexibility index (Phi) is 3.23. The summed E-state index contributed by atoms with van der Waals surface area (Å²) in [6.07, 6.45) is 0.863. The Hall–Kier alpha value is -1.85. The van der Waals surface area contributed by atoms with E-state index in [1.54, 1.807) is 12.1 Å². The first-order valence-electron chi connectivity index (χ1n) is 6.08. The topological polar surface area (TPSA) is 69.8 Å². The van der Waals surface area contributed by atoms with E-state index in [4.69, 9.17) is 11.6 Å². The van der Waals surface area contributed by atoms with E-state index in [1.165, 1.54) is 0 Å². The van der Waals surface area contributed by atoms with Crippen LogP contribution in [0, 0.1) is 0 Å². The molecular weight excluding hydrogens is 264 g/mol. The van der Waals surface area contributed by atoms with E-state index in [-0.39, 0.29) is 5.91 Å². The number of H-pyrrole nitrogens is 1. The standard InChI is InChI=1S/C13H13ClN4O/c14-9-3-1-2-4-11(9)16-13(19)12-8-7-15-6-5-10(8)17-18-12/h1-4,15H,5-7H2,(H,16,19)(H,17,18). The van der Waals surface area contributed by atoms with Crippen LogP contribution in [-0.4, -0.2) is 22.6 Å². The summed E-state index contributed by atoms with van der Waals surface area (Å²) in [4.78, 5) is 12.2. The first-order chi connectivity index (χ1) is 9.25. The van der Waals surface area contributed by atoms with Crippen molar-refractivity contribution in [2.75, 3.05) is 11.9 Å². The zero-order chi connectivity index (χ0) is 13.2. The normalized spacial score (nSPS) is 13.9. The summed E-state index contributed by atoms with van der Waals surface area (Å²) in [5.74, 6) is -0.241. The molecule has 1 amide bonds.